The number of nitrogens with zero attached hydrogens (tertiary/aromatic N) is 3. The molecule has 2 saturated heterocycles. The number of carbonyl (C=O) groups is 2. The maximum Gasteiger partial charge on any atom is 0.230 e. The maximum atomic E-state index is 12.2. The predicted octanol–water partition coefficient (Wildman–Crippen LogP) is 5.69. The van der Waals surface area contributed by atoms with E-state index < -0.39 is 0 Å². The van der Waals surface area contributed by atoms with Crippen LogP contribution in [0.15, 0.2) is 30.5 Å². The molecule has 3 fully saturated rings. The van der Waals surface area contributed by atoms with Gasteiger partial charge in [-0.15, -0.1) is 11.3 Å². The van der Waals surface area contributed by atoms with Crippen LogP contribution in [-0.2, 0) is 22.6 Å². The lowest BCUT2D eigenvalue weighted by Crippen LogP contribution is -2.42. The third-order valence-corrected chi connectivity index (χ3v) is 10.2. The van der Waals surface area contributed by atoms with E-state index >= 15 is 0 Å². The minimum absolute atomic E-state index is 0.0821. The van der Waals surface area contributed by atoms with Gasteiger partial charge in [-0.2, -0.15) is 0 Å². The SMILES string of the molecule is O=C1CCC(=O)N1Cc1cc2nccc(-c3cc(Cl)cc4c3N([C@@H]3CC[C@@]5(CCCN5)C3)CCC4)c2s1. The number of likely N-dealkylation sites (tertiary alicyclic amines) is 1. The van der Waals surface area contributed by atoms with Crippen LogP contribution in [0.5, 0.6) is 0 Å². The van der Waals surface area contributed by atoms with E-state index in [1.165, 1.54) is 53.8 Å². The number of hydrogen-bond donors (Lipinski definition) is 1. The number of benzene rings is 1. The molecule has 2 amide bonds. The molecule has 3 aliphatic heterocycles. The highest BCUT2D eigenvalue weighted by Gasteiger charge is 2.44. The molecular weight excluding hydrogens is 504 g/mol. The molecule has 1 saturated carbocycles. The number of nitrogens with one attached hydrogen (secondary N) is 1. The van der Waals surface area contributed by atoms with Gasteiger partial charge in [-0.25, -0.2) is 0 Å². The first kappa shape index (κ1) is 23.6. The molecule has 1 spiro atoms. The van der Waals surface area contributed by atoms with Crippen molar-refractivity contribution >= 4 is 50.7 Å². The summed E-state index contributed by atoms with van der Waals surface area (Å²) < 4.78 is 1.09. The molecule has 6 nitrogen and oxygen atoms in total. The van der Waals surface area contributed by atoms with Crippen molar-refractivity contribution < 1.29 is 9.59 Å². The molecule has 8 heteroatoms. The van der Waals surface area contributed by atoms with Crippen LogP contribution in [0, 0.1) is 0 Å². The number of fused-ring (bicyclic) bond motifs is 2. The van der Waals surface area contributed by atoms with Gasteiger partial charge in [0.05, 0.1) is 16.8 Å². The van der Waals surface area contributed by atoms with Gasteiger partial charge in [0, 0.05) is 63.9 Å². The number of halogens is 1. The highest BCUT2D eigenvalue weighted by Crippen LogP contribution is 2.47. The molecule has 2 atom stereocenters. The fourth-order valence-corrected chi connectivity index (χ4v) is 8.53. The minimum Gasteiger partial charge on any atom is -0.368 e. The predicted molar refractivity (Wildman–Crippen MR) is 148 cm³/mol. The van der Waals surface area contributed by atoms with E-state index in [-0.39, 0.29) is 11.8 Å². The summed E-state index contributed by atoms with van der Waals surface area (Å²) in [7, 11) is 0. The number of aryl methyl sites for hydroxylation is 1. The van der Waals surface area contributed by atoms with Gasteiger partial charge in [0.15, 0.2) is 0 Å². The molecule has 0 radical (unpaired) electrons. The fourth-order valence-electron chi connectivity index (χ4n) is 7.16. The van der Waals surface area contributed by atoms with E-state index in [1.54, 1.807) is 11.3 Å². The Hall–Kier alpha value is -2.48. The monoisotopic (exact) mass is 534 g/mol. The number of rotatable bonds is 4. The summed E-state index contributed by atoms with van der Waals surface area (Å²) in [6, 6.07) is 8.95. The molecule has 37 heavy (non-hydrogen) atoms. The van der Waals surface area contributed by atoms with E-state index in [0.717, 1.165) is 51.6 Å². The Morgan fingerprint density at radius 2 is 1.95 bits per heavy atom. The number of thiophene rings is 1. The average molecular weight is 535 g/mol. The normalized spacial score (nSPS) is 25.7. The molecule has 2 aromatic heterocycles. The first-order valence-electron chi connectivity index (χ1n) is 13.5. The first-order chi connectivity index (χ1) is 18.0. The Labute approximate surface area is 226 Å². The van der Waals surface area contributed by atoms with Crippen LogP contribution in [-0.4, -0.2) is 46.4 Å². The summed E-state index contributed by atoms with van der Waals surface area (Å²) in [6.07, 6.45) is 11.0. The van der Waals surface area contributed by atoms with Crippen molar-refractivity contribution in [2.24, 2.45) is 0 Å². The Bertz CT molecular complexity index is 1400. The summed E-state index contributed by atoms with van der Waals surface area (Å²) in [6.45, 7) is 2.55. The van der Waals surface area contributed by atoms with E-state index in [1.807, 2.05) is 12.3 Å². The average Bonchev–Trinajstić information content (AvgIpc) is 3.69. The topological polar surface area (TPSA) is 65.5 Å². The number of amides is 2. The second kappa shape index (κ2) is 9.07. The lowest BCUT2D eigenvalue weighted by atomic mass is 9.91. The second-order valence-electron chi connectivity index (χ2n) is 11.1. The molecule has 5 heterocycles. The summed E-state index contributed by atoms with van der Waals surface area (Å²) in [4.78, 5) is 34.1. The van der Waals surface area contributed by atoms with Gasteiger partial charge < -0.3 is 10.2 Å². The molecule has 7 rings (SSSR count). The van der Waals surface area contributed by atoms with E-state index in [2.05, 4.69) is 33.4 Å². The lowest BCUT2D eigenvalue weighted by Gasteiger charge is -2.39. The van der Waals surface area contributed by atoms with Crippen molar-refractivity contribution in [3.05, 3.63) is 45.9 Å². The summed E-state index contributed by atoms with van der Waals surface area (Å²) in [5.41, 5.74) is 6.22. The fraction of sp³-hybridized carbons (Fsp3) is 0.483. The largest absolute Gasteiger partial charge is 0.368 e. The molecular formula is C29H31ClN4O2S. The van der Waals surface area contributed by atoms with Crippen molar-refractivity contribution in [1.29, 1.82) is 0 Å². The third kappa shape index (κ3) is 4.06. The minimum atomic E-state index is -0.0821. The molecule has 3 aromatic rings. The van der Waals surface area contributed by atoms with Crippen LogP contribution in [0.25, 0.3) is 21.3 Å². The quantitative estimate of drug-likeness (QED) is 0.435. The van der Waals surface area contributed by atoms with Crippen LogP contribution < -0.4 is 10.2 Å². The highest BCUT2D eigenvalue weighted by atomic mass is 35.5. The summed E-state index contributed by atoms with van der Waals surface area (Å²) in [5, 5.41) is 4.61. The van der Waals surface area contributed by atoms with E-state index in [9.17, 15) is 9.59 Å². The van der Waals surface area contributed by atoms with Crippen LogP contribution in [0.3, 0.4) is 0 Å². The first-order valence-corrected chi connectivity index (χ1v) is 14.7. The highest BCUT2D eigenvalue weighted by molar-refractivity contribution is 7.19. The van der Waals surface area contributed by atoms with Gasteiger partial charge in [-0.3, -0.25) is 19.5 Å². The molecule has 0 bridgehead atoms. The van der Waals surface area contributed by atoms with Gasteiger partial charge in [0.1, 0.15) is 0 Å². The number of carbonyl (C=O) groups excluding carboxylic acids is 2. The molecule has 1 N–H and O–H groups in total. The van der Waals surface area contributed by atoms with E-state index in [0.29, 0.717) is 31.0 Å². The van der Waals surface area contributed by atoms with Gasteiger partial charge in [0.2, 0.25) is 11.8 Å². The van der Waals surface area contributed by atoms with E-state index in [4.69, 9.17) is 11.6 Å². The van der Waals surface area contributed by atoms with Crippen LogP contribution in [0.4, 0.5) is 5.69 Å². The number of anilines is 1. The van der Waals surface area contributed by atoms with Crippen molar-refractivity contribution in [1.82, 2.24) is 15.2 Å². The third-order valence-electron chi connectivity index (χ3n) is 8.86. The van der Waals surface area contributed by atoms with Crippen molar-refractivity contribution in [2.45, 2.75) is 75.9 Å². The molecule has 1 aromatic carbocycles. The zero-order chi connectivity index (χ0) is 25.1. The van der Waals surface area contributed by atoms with Crippen LogP contribution in [0.1, 0.15) is 61.8 Å². The van der Waals surface area contributed by atoms with Gasteiger partial charge in [0.25, 0.3) is 0 Å². The van der Waals surface area contributed by atoms with Crippen molar-refractivity contribution in [2.75, 3.05) is 18.0 Å². The van der Waals surface area contributed by atoms with Gasteiger partial charge >= 0.3 is 0 Å². The summed E-state index contributed by atoms with van der Waals surface area (Å²) in [5.74, 6) is -0.164. The molecule has 192 valence electrons. The van der Waals surface area contributed by atoms with Crippen molar-refractivity contribution in [3.8, 4) is 11.1 Å². The Balaban J connectivity index is 1.29. The van der Waals surface area contributed by atoms with Gasteiger partial charge in [-0.1, -0.05) is 11.6 Å². The Morgan fingerprint density at radius 1 is 1.08 bits per heavy atom. The molecule has 0 unspecified atom stereocenters. The molecule has 1 aliphatic carbocycles. The van der Waals surface area contributed by atoms with Crippen molar-refractivity contribution in [3.63, 3.8) is 0 Å². The Morgan fingerprint density at radius 3 is 2.76 bits per heavy atom. The number of pyridine rings is 1. The Kier molecular flexibility index (Phi) is 5.79. The number of hydrogen-bond acceptors (Lipinski definition) is 6. The summed E-state index contributed by atoms with van der Waals surface area (Å²) >= 11 is 8.35. The smallest absolute Gasteiger partial charge is 0.230 e. The maximum absolute atomic E-state index is 12.2. The van der Waals surface area contributed by atoms with Crippen LogP contribution in [0.2, 0.25) is 5.02 Å². The standard InChI is InChI=1S/C29H31ClN4O2S/c30-19-13-18-3-1-12-33(20-6-9-29(16-20)8-2-10-32-29)27(18)23(14-19)22-7-11-31-24-15-21(37-28(22)24)17-34-25(35)4-5-26(34)36/h7,11,13-15,20,32H,1-6,8-10,12,16-17H2/t20-,29+/m1/s1. The number of imide groups is 1. The zero-order valence-electron chi connectivity index (χ0n) is 20.9. The second-order valence-corrected chi connectivity index (χ2v) is 12.7. The lowest BCUT2D eigenvalue weighted by molar-refractivity contribution is -0.138. The zero-order valence-corrected chi connectivity index (χ0v) is 22.5. The van der Waals surface area contributed by atoms with Crippen LogP contribution >= 0.6 is 22.9 Å². The number of aromatic nitrogens is 1. The molecule has 4 aliphatic rings. The van der Waals surface area contributed by atoms with Gasteiger partial charge in [-0.05, 0) is 81.3 Å².